The van der Waals surface area contributed by atoms with Crippen molar-refractivity contribution in [3.8, 4) is 0 Å². The Kier molecular flexibility index (Phi) is 5.96. The quantitative estimate of drug-likeness (QED) is 0.611. The fourth-order valence-corrected chi connectivity index (χ4v) is 3.67. The van der Waals surface area contributed by atoms with Gasteiger partial charge >= 0.3 is 0 Å². The lowest BCUT2D eigenvalue weighted by Crippen LogP contribution is -2.02. The molecule has 0 amide bonds. The first kappa shape index (κ1) is 18.5. The number of hydrogen-bond donors (Lipinski definition) is 2. The van der Waals surface area contributed by atoms with Gasteiger partial charge in [0.25, 0.3) is 0 Å². The predicted octanol–water partition coefficient (Wildman–Crippen LogP) is 6.18. The Hall–Kier alpha value is -0.800. The number of aryl methyl sites for hydroxylation is 1. The molecule has 0 spiro atoms. The normalized spacial score (nSPS) is 11.0. The first-order chi connectivity index (χ1) is 10.8. The van der Waals surface area contributed by atoms with E-state index in [1.54, 1.807) is 6.07 Å². The van der Waals surface area contributed by atoms with Gasteiger partial charge in [-0.15, -0.1) is 0 Å². The van der Waals surface area contributed by atoms with Gasteiger partial charge in [-0.2, -0.15) is 0 Å². The highest BCUT2D eigenvalue weighted by molar-refractivity contribution is 6.44. The van der Waals surface area contributed by atoms with Crippen LogP contribution in [0.2, 0.25) is 20.1 Å². The van der Waals surface area contributed by atoms with E-state index in [0.717, 1.165) is 28.7 Å². The Balaban J connectivity index is 2.56. The van der Waals surface area contributed by atoms with Gasteiger partial charge < -0.3 is 11.5 Å². The third-order valence-corrected chi connectivity index (χ3v) is 5.66. The van der Waals surface area contributed by atoms with Crippen LogP contribution in [0.25, 0.3) is 0 Å². The molecule has 124 valence electrons. The minimum absolute atomic E-state index is 0.384. The zero-order chi connectivity index (χ0) is 17.3. The minimum Gasteiger partial charge on any atom is -0.397 e. The van der Waals surface area contributed by atoms with Crippen LogP contribution >= 0.6 is 46.4 Å². The van der Waals surface area contributed by atoms with Crippen LogP contribution in [0.4, 0.5) is 11.4 Å². The Labute approximate surface area is 156 Å². The van der Waals surface area contributed by atoms with Crippen molar-refractivity contribution in [1.29, 1.82) is 0 Å². The number of benzene rings is 2. The molecule has 0 heterocycles. The molecule has 0 bridgehead atoms. The summed E-state index contributed by atoms with van der Waals surface area (Å²) in [5.41, 5.74) is 16.6. The molecular weight excluding hydrogens is 374 g/mol. The summed E-state index contributed by atoms with van der Waals surface area (Å²) in [6.45, 7) is 4.00. The van der Waals surface area contributed by atoms with Gasteiger partial charge in [0, 0.05) is 11.4 Å². The van der Waals surface area contributed by atoms with Crippen molar-refractivity contribution in [1.82, 2.24) is 0 Å². The largest absolute Gasteiger partial charge is 0.397 e. The first-order valence-electron chi connectivity index (χ1n) is 7.32. The van der Waals surface area contributed by atoms with E-state index in [4.69, 9.17) is 57.9 Å². The Bertz CT molecular complexity index is 757. The van der Waals surface area contributed by atoms with Crippen molar-refractivity contribution >= 4 is 57.8 Å². The molecule has 0 aliphatic carbocycles. The number of nitrogen functional groups attached to an aromatic ring is 2. The van der Waals surface area contributed by atoms with E-state index >= 15 is 0 Å². The molecule has 2 nitrogen and oxygen atoms in total. The Morgan fingerprint density at radius 1 is 0.739 bits per heavy atom. The number of hydrogen-bond acceptors (Lipinski definition) is 2. The van der Waals surface area contributed by atoms with Crippen LogP contribution in [0.5, 0.6) is 0 Å². The fourth-order valence-electron chi connectivity index (χ4n) is 2.60. The summed E-state index contributed by atoms with van der Waals surface area (Å²) in [5, 5.41) is 1.95. The number of nitrogens with two attached hydrogens (primary N) is 2. The van der Waals surface area contributed by atoms with Crippen LogP contribution in [-0.4, -0.2) is 0 Å². The highest BCUT2D eigenvalue weighted by Crippen LogP contribution is 2.39. The van der Waals surface area contributed by atoms with Gasteiger partial charge in [-0.1, -0.05) is 66.3 Å². The summed E-state index contributed by atoms with van der Waals surface area (Å²) in [4.78, 5) is 0. The molecule has 2 rings (SSSR count). The molecule has 0 saturated carbocycles. The second-order valence-electron chi connectivity index (χ2n) is 5.34. The minimum atomic E-state index is 0.384. The molecule has 0 saturated heterocycles. The standard InChI is InChI=1S/C17H18Cl4N2/c1-3-8-5-9(14(20)15(21)16(8)22)6-10-7-12(18)17(23)11(4-2)13(10)19/h5,7H,3-4,6,22-23H2,1-2H3. The monoisotopic (exact) mass is 390 g/mol. The van der Waals surface area contributed by atoms with Gasteiger partial charge in [-0.25, -0.2) is 0 Å². The van der Waals surface area contributed by atoms with Crippen molar-refractivity contribution in [2.75, 3.05) is 11.5 Å². The van der Waals surface area contributed by atoms with E-state index in [0.29, 0.717) is 44.3 Å². The summed E-state index contributed by atoms with van der Waals surface area (Å²) in [6, 6.07) is 3.75. The zero-order valence-electron chi connectivity index (χ0n) is 12.9. The molecule has 0 aromatic heterocycles. The lowest BCUT2D eigenvalue weighted by atomic mass is 9.97. The molecule has 0 unspecified atom stereocenters. The van der Waals surface area contributed by atoms with Crippen LogP contribution in [-0.2, 0) is 19.3 Å². The van der Waals surface area contributed by atoms with Gasteiger partial charge in [-0.05, 0) is 41.2 Å². The zero-order valence-corrected chi connectivity index (χ0v) is 16.0. The number of anilines is 2. The van der Waals surface area contributed by atoms with Crippen molar-refractivity contribution in [3.05, 3.63) is 54.5 Å². The second kappa shape index (κ2) is 7.40. The Morgan fingerprint density at radius 2 is 1.35 bits per heavy atom. The molecular formula is C17H18Cl4N2. The average Bonchev–Trinajstić information content (AvgIpc) is 2.53. The van der Waals surface area contributed by atoms with Crippen molar-refractivity contribution in [3.63, 3.8) is 0 Å². The van der Waals surface area contributed by atoms with E-state index in [1.165, 1.54) is 0 Å². The summed E-state index contributed by atoms with van der Waals surface area (Å²) < 4.78 is 0. The topological polar surface area (TPSA) is 52.0 Å². The Morgan fingerprint density at radius 3 is 1.91 bits per heavy atom. The van der Waals surface area contributed by atoms with E-state index in [-0.39, 0.29) is 0 Å². The first-order valence-corrected chi connectivity index (χ1v) is 8.83. The summed E-state index contributed by atoms with van der Waals surface area (Å²) in [5.74, 6) is 0. The van der Waals surface area contributed by atoms with Crippen LogP contribution in [0, 0.1) is 0 Å². The lowest BCUT2D eigenvalue weighted by molar-refractivity contribution is 1.09. The van der Waals surface area contributed by atoms with Crippen LogP contribution in [0.15, 0.2) is 12.1 Å². The van der Waals surface area contributed by atoms with E-state index < -0.39 is 0 Å². The maximum atomic E-state index is 6.49. The number of halogens is 4. The molecule has 0 aliphatic heterocycles. The van der Waals surface area contributed by atoms with E-state index in [1.807, 2.05) is 19.9 Å². The summed E-state index contributed by atoms with van der Waals surface area (Å²) in [6.07, 6.45) is 1.98. The fraction of sp³-hybridized carbons (Fsp3) is 0.294. The maximum Gasteiger partial charge on any atom is 0.0827 e. The predicted molar refractivity (Wildman–Crippen MR) is 103 cm³/mol. The molecule has 2 aromatic rings. The van der Waals surface area contributed by atoms with Crippen molar-refractivity contribution in [2.45, 2.75) is 33.1 Å². The van der Waals surface area contributed by atoms with Gasteiger partial charge in [0.1, 0.15) is 0 Å². The smallest absolute Gasteiger partial charge is 0.0827 e. The average molecular weight is 392 g/mol. The van der Waals surface area contributed by atoms with Crippen molar-refractivity contribution in [2.24, 2.45) is 0 Å². The maximum absolute atomic E-state index is 6.49. The van der Waals surface area contributed by atoms with E-state index in [9.17, 15) is 0 Å². The molecule has 0 radical (unpaired) electrons. The summed E-state index contributed by atoms with van der Waals surface area (Å²) >= 11 is 25.3. The lowest BCUT2D eigenvalue weighted by Gasteiger charge is -2.16. The van der Waals surface area contributed by atoms with E-state index in [2.05, 4.69) is 0 Å². The highest BCUT2D eigenvalue weighted by atomic mass is 35.5. The highest BCUT2D eigenvalue weighted by Gasteiger charge is 2.17. The third-order valence-electron chi connectivity index (χ3n) is 3.95. The van der Waals surface area contributed by atoms with Crippen molar-refractivity contribution < 1.29 is 0 Å². The van der Waals surface area contributed by atoms with Crippen LogP contribution < -0.4 is 11.5 Å². The summed E-state index contributed by atoms with van der Waals surface area (Å²) in [7, 11) is 0. The molecule has 2 aromatic carbocycles. The third kappa shape index (κ3) is 3.51. The molecule has 4 N–H and O–H groups in total. The SMILES string of the molecule is CCc1cc(Cc2cc(Cl)c(N)c(CC)c2Cl)c(Cl)c(Cl)c1N. The van der Waals surface area contributed by atoms with Crippen LogP contribution in [0.3, 0.4) is 0 Å². The van der Waals surface area contributed by atoms with Gasteiger partial charge in [-0.3, -0.25) is 0 Å². The van der Waals surface area contributed by atoms with Crippen LogP contribution in [0.1, 0.15) is 36.1 Å². The molecule has 0 aliphatic rings. The second-order valence-corrected chi connectivity index (χ2v) is 6.89. The van der Waals surface area contributed by atoms with Gasteiger partial charge in [0.05, 0.1) is 26.4 Å². The molecule has 0 fully saturated rings. The molecule has 23 heavy (non-hydrogen) atoms. The van der Waals surface area contributed by atoms with Gasteiger partial charge in [0.2, 0.25) is 0 Å². The molecule has 6 heteroatoms. The number of rotatable bonds is 4. The van der Waals surface area contributed by atoms with Gasteiger partial charge in [0.15, 0.2) is 0 Å². The molecule has 0 atom stereocenters.